The zero-order valence-corrected chi connectivity index (χ0v) is 13.3. The number of aryl methyl sites for hydroxylation is 1. The molecule has 4 rings (SSSR count). The van der Waals surface area contributed by atoms with Crippen LogP contribution in [0.2, 0.25) is 0 Å². The second-order valence-electron chi connectivity index (χ2n) is 4.93. The average Bonchev–Trinajstić information content (AvgIpc) is 2.88. The van der Waals surface area contributed by atoms with Gasteiger partial charge in [0.05, 0.1) is 0 Å². The molecule has 20 heavy (non-hydrogen) atoms. The molecular formula is C18H13IN-. The van der Waals surface area contributed by atoms with Crippen LogP contribution in [0.4, 0.5) is 0 Å². The fourth-order valence-corrected chi connectivity index (χ4v) is 5.49. The molecule has 0 aliphatic carbocycles. The molecular weight excluding hydrogens is 357 g/mol. The van der Waals surface area contributed by atoms with Crippen molar-refractivity contribution in [1.82, 2.24) is 4.98 Å². The number of hydrogen-bond acceptors (Lipinski definition) is 1. The number of rotatable bonds is 1. The Labute approximate surface area is 129 Å². The van der Waals surface area contributed by atoms with E-state index >= 15 is 0 Å². The van der Waals surface area contributed by atoms with Gasteiger partial charge in [0, 0.05) is 0 Å². The third-order valence-corrected chi connectivity index (χ3v) is 6.96. The van der Waals surface area contributed by atoms with Crippen molar-refractivity contribution < 1.29 is 21.2 Å². The Kier molecular flexibility index (Phi) is 2.84. The quantitative estimate of drug-likeness (QED) is 0.459. The second-order valence-corrected chi connectivity index (χ2v) is 7.71. The van der Waals surface area contributed by atoms with Crippen LogP contribution in [0.15, 0.2) is 60.7 Å². The van der Waals surface area contributed by atoms with Crippen molar-refractivity contribution in [2.45, 2.75) is 6.92 Å². The molecule has 0 atom stereocenters. The molecule has 3 aromatic rings. The van der Waals surface area contributed by atoms with Gasteiger partial charge in [0.15, 0.2) is 0 Å². The van der Waals surface area contributed by atoms with Gasteiger partial charge in [0.1, 0.15) is 0 Å². The Morgan fingerprint density at radius 1 is 0.900 bits per heavy atom. The van der Waals surface area contributed by atoms with Crippen LogP contribution in [0.5, 0.6) is 0 Å². The molecule has 0 saturated heterocycles. The van der Waals surface area contributed by atoms with E-state index in [1.54, 1.807) is 0 Å². The minimum atomic E-state index is -0.0643. The van der Waals surface area contributed by atoms with Gasteiger partial charge < -0.3 is 0 Å². The van der Waals surface area contributed by atoms with Crippen molar-refractivity contribution in [3.05, 3.63) is 73.4 Å². The molecule has 0 spiro atoms. The molecule has 1 nitrogen and oxygen atoms in total. The summed E-state index contributed by atoms with van der Waals surface area (Å²) in [6, 6.07) is 21.4. The van der Waals surface area contributed by atoms with Crippen LogP contribution < -0.4 is 21.2 Å². The van der Waals surface area contributed by atoms with E-state index in [9.17, 15) is 0 Å². The third-order valence-electron chi connectivity index (χ3n) is 3.53. The molecule has 0 bridgehead atoms. The van der Waals surface area contributed by atoms with Crippen LogP contribution >= 0.6 is 0 Å². The van der Waals surface area contributed by atoms with E-state index in [0.717, 1.165) is 5.69 Å². The zero-order valence-electron chi connectivity index (χ0n) is 11.1. The second kappa shape index (κ2) is 4.70. The van der Waals surface area contributed by atoms with E-state index in [4.69, 9.17) is 4.98 Å². The maximum absolute atomic E-state index is 4.95. The van der Waals surface area contributed by atoms with Gasteiger partial charge in [-0.05, 0) is 0 Å². The third kappa shape index (κ3) is 1.86. The van der Waals surface area contributed by atoms with Gasteiger partial charge in [0.25, 0.3) is 0 Å². The van der Waals surface area contributed by atoms with Gasteiger partial charge in [-0.1, -0.05) is 0 Å². The molecule has 0 amide bonds. The molecule has 1 aliphatic heterocycles. The van der Waals surface area contributed by atoms with Gasteiger partial charge in [-0.2, -0.15) is 0 Å². The van der Waals surface area contributed by atoms with Crippen LogP contribution in [0.25, 0.3) is 22.5 Å². The van der Waals surface area contributed by atoms with Crippen LogP contribution in [0, 0.1) is 14.1 Å². The summed E-state index contributed by atoms with van der Waals surface area (Å²) in [5, 5.41) is 0. The zero-order chi connectivity index (χ0) is 13.5. The van der Waals surface area contributed by atoms with Crippen molar-refractivity contribution in [1.29, 1.82) is 0 Å². The van der Waals surface area contributed by atoms with Gasteiger partial charge in [-0.3, -0.25) is 0 Å². The fraction of sp³-hybridized carbons (Fsp3) is 0.0556. The molecule has 1 aliphatic rings. The Hall–Kier alpha value is -1.68. The molecule has 1 aromatic heterocycles. The molecule has 0 N–H and O–H groups in total. The van der Waals surface area contributed by atoms with Crippen molar-refractivity contribution in [2.24, 2.45) is 0 Å². The number of hydrogen-bond donors (Lipinski definition) is 0. The minimum absolute atomic E-state index is 0.0643. The van der Waals surface area contributed by atoms with E-state index in [2.05, 4.69) is 61.5 Å². The van der Waals surface area contributed by atoms with Crippen molar-refractivity contribution in [3.63, 3.8) is 0 Å². The van der Waals surface area contributed by atoms with E-state index in [1.807, 2.05) is 6.07 Å². The predicted molar refractivity (Wildman–Crippen MR) is 77.2 cm³/mol. The van der Waals surface area contributed by atoms with Crippen LogP contribution in [-0.4, -0.2) is 4.98 Å². The van der Waals surface area contributed by atoms with Crippen molar-refractivity contribution in [2.75, 3.05) is 0 Å². The summed E-state index contributed by atoms with van der Waals surface area (Å²) in [5.41, 5.74) is 6.23. The molecule has 98 valence electrons. The van der Waals surface area contributed by atoms with Gasteiger partial charge in [0.2, 0.25) is 0 Å². The first-order chi connectivity index (χ1) is 9.83. The first kappa shape index (κ1) is 12.1. The van der Waals surface area contributed by atoms with Gasteiger partial charge in [-0.25, -0.2) is 0 Å². The van der Waals surface area contributed by atoms with E-state index in [0.29, 0.717) is 0 Å². The Bertz CT molecular complexity index is 794. The SMILES string of the molecule is Cc1cc(-c2ccccc2)nc2c1[I-]c1ccccc1-2. The Morgan fingerprint density at radius 2 is 1.65 bits per heavy atom. The normalized spacial score (nSPS) is 12.4. The Balaban J connectivity index is 1.94. The average molecular weight is 370 g/mol. The van der Waals surface area contributed by atoms with Gasteiger partial charge >= 0.3 is 129 Å². The number of pyridine rings is 1. The number of fused-ring (bicyclic) bond motifs is 3. The molecule has 0 radical (unpaired) electrons. The summed E-state index contributed by atoms with van der Waals surface area (Å²) < 4.78 is 2.99. The van der Waals surface area contributed by atoms with Gasteiger partial charge in [-0.15, -0.1) is 0 Å². The number of halogens is 1. The van der Waals surface area contributed by atoms with E-state index < -0.39 is 0 Å². The summed E-state index contributed by atoms with van der Waals surface area (Å²) in [4.78, 5) is 4.95. The Morgan fingerprint density at radius 3 is 2.50 bits per heavy atom. The van der Waals surface area contributed by atoms with Crippen LogP contribution in [0.3, 0.4) is 0 Å². The molecule has 0 fully saturated rings. The molecule has 0 unspecified atom stereocenters. The van der Waals surface area contributed by atoms with Crippen molar-refractivity contribution in [3.8, 4) is 22.5 Å². The number of aromatic nitrogens is 1. The summed E-state index contributed by atoms with van der Waals surface area (Å²) in [6.45, 7) is 2.22. The van der Waals surface area contributed by atoms with E-state index in [-0.39, 0.29) is 21.2 Å². The predicted octanol–water partition coefficient (Wildman–Crippen LogP) is 1.17. The van der Waals surface area contributed by atoms with Crippen molar-refractivity contribution >= 4 is 0 Å². The maximum atomic E-state index is 4.95. The number of nitrogens with zero attached hydrogens (tertiary/aromatic N) is 1. The molecule has 2 aromatic carbocycles. The molecule has 2 heterocycles. The van der Waals surface area contributed by atoms with Crippen LogP contribution in [0.1, 0.15) is 5.56 Å². The topological polar surface area (TPSA) is 12.9 Å². The van der Waals surface area contributed by atoms with Crippen LogP contribution in [-0.2, 0) is 0 Å². The number of benzene rings is 2. The molecule has 0 saturated carbocycles. The summed E-state index contributed by atoms with van der Waals surface area (Å²) >= 11 is -0.0643. The fourth-order valence-electron chi connectivity index (χ4n) is 2.55. The van der Waals surface area contributed by atoms with E-state index in [1.165, 1.54) is 29.5 Å². The first-order valence-electron chi connectivity index (χ1n) is 6.64. The summed E-state index contributed by atoms with van der Waals surface area (Å²) in [5.74, 6) is 0. The summed E-state index contributed by atoms with van der Waals surface area (Å²) in [6.07, 6.45) is 0. The molecule has 2 heteroatoms. The first-order valence-corrected chi connectivity index (χ1v) is 8.80. The standard InChI is InChI=1S/C18H13IN/c1-12-11-16(13-7-3-2-4-8-13)20-18-14-9-5-6-10-15(14)19-17(12)18/h2-11H,1H3/q-1. The monoisotopic (exact) mass is 370 g/mol. The summed E-state index contributed by atoms with van der Waals surface area (Å²) in [7, 11) is 0.